The largest absolute Gasteiger partial charge is 0.496 e. The van der Waals surface area contributed by atoms with Crippen LogP contribution >= 0.6 is 11.6 Å². The number of ketones is 1. The number of aryl methyl sites for hydroxylation is 1. The fourth-order valence-corrected chi connectivity index (χ4v) is 4.12. The minimum absolute atomic E-state index is 0.0621. The highest BCUT2D eigenvalue weighted by molar-refractivity contribution is 6.30. The van der Waals surface area contributed by atoms with Crippen molar-refractivity contribution in [2.45, 2.75) is 20.8 Å². The number of carbonyl (C=O) groups is 2. The average Bonchev–Trinajstić information content (AvgIpc) is 3.24. The van der Waals surface area contributed by atoms with E-state index in [4.69, 9.17) is 20.8 Å². The highest BCUT2D eigenvalue weighted by Gasteiger charge is 2.19. The van der Waals surface area contributed by atoms with Crippen molar-refractivity contribution >= 4 is 45.5 Å². The number of fused-ring (bicyclic) bond motifs is 1. The molecule has 6 heteroatoms. The van der Waals surface area contributed by atoms with E-state index in [1.807, 2.05) is 44.2 Å². The van der Waals surface area contributed by atoms with Gasteiger partial charge in [0.2, 0.25) is 5.91 Å². The number of nitrogens with one attached hydrogen (secondary N) is 1. The number of halogens is 1. The summed E-state index contributed by atoms with van der Waals surface area (Å²) in [7, 11) is 1.60. The fourth-order valence-electron chi connectivity index (χ4n) is 3.99. The summed E-state index contributed by atoms with van der Waals surface area (Å²) in [6, 6.07) is 16.4. The molecule has 34 heavy (non-hydrogen) atoms. The highest BCUT2D eigenvalue weighted by atomic mass is 35.5. The van der Waals surface area contributed by atoms with E-state index in [0.29, 0.717) is 22.0 Å². The highest BCUT2D eigenvalue weighted by Crippen LogP contribution is 2.40. The van der Waals surface area contributed by atoms with E-state index in [0.717, 1.165) is 38.8 Å². The Balaban J connectivity index is 1.73. The SMILES string of the molecule is COc1c(/C(C)=C/C(=O)Nc2cccc(C(C)=O)c2)cc2c(-c3ccc(Cl)cc3)coc2c1C. The molecule has 172 valence electrons. The summed E-state index contributed by atoms with van der Waals surface area (Å²) in [5.41, 5.74) is 6.08. The molecule has 0 aliphatic rings. The van der Waals surface area contributed by atoms with Crippen LogP contribution in [0.4, 0.5) is 5.69 Å². The van der Waals surface area contributed by atoms with Gasteiger partial charge in [-0.1, -0.05) is 35.9 Å². The monoisotopic (exact) mass is 473 g/mol. The molecular weight excluding hydrogens is 450 g/mol. The van der Waals surface area contributed by atoms with Crippen LogP contribution in [0.1, 0.15) is 35.3 Å². The van der Waals surface area contributed by atoms with Crippen LogP contribution in [0.5, 0.6) is 5.75 Å². The summed E-state index contributed by atoms with van der Waals surface area (Å²) in [4.78, 5) is 24.4. The first kappa shape index (κ1) is 23.3. The smallest absolute Gasteiger partial charge is 0.248 e. The molecule has 5 nitrogen and oxygen atoms in total. The summed E-state index contributed by atoms with van der Waals surface area (Å²) >= 11 is 6.05. The van der Waals surface area contributed by atoms with Gasteiger partial charge in [-0.3, -0.25) is 9.59 Å². The first-order valence-corrected chi connectivity index (χ1v) is 11.1. The van der Waals surface area contributed by atoms with Gasteiger partial charge < -0.3 is 14.5 Å². The van der Waals surface area contributed by atoms with E-state index in [-0.39, 0.29) is 11.7 Å². The zero-order valence-corrected chi connectivity index (χ0v) is 20.1. The van der Waals surface area contributed by atoms with Crippen molar-refractivity contribution in [3.63, 3.8) is 0 Å². The van der Waals surface area contributed by atoms with Gasteiger partial charge in [-0.15, -0.1) is 0 Å². The van der Waals surface area contributed by atoms with Gasteiger partial charge in [-0.2, -0.15) is 0 Å². The molecule has 0 bridgehead atoms. The number of rotatable bonds is 6. The lowest BCUT2D eigenvalue weighted by Crippen LogP contribution is -2.09. The third-order valence-corrected chi connectivity index (χ3v) is 5.96. The van der Waals surface area contributed by atoms with Crippen LogP contribution in [0, 0.1) is 6.92 Å². The summed E-state index contributed by atoms with van der Waals surface area (Å²) in [6.45, 7) is 5.28. The van der Waals surface area contributed by atoms with E-state index in [9.17, 15) is 9.59 Å². The molecule has 1 amide bonds. The third-order valence-electron chi connectivity index (χ3n) is 5.71. The number of carbonyl (C=O) groups excluding carboxylic acids is 2. The maximum atomic E-state index is 12.8. The van der Waals surface area contributed by atoms with Gasteiger partial charge in [0.25, 0.3) is 0 Å². The lowest BCUT2D eigenvalue weighted by Gasteiger charge is -2.13. The standard InChI is InChI=1S/C28H24ClNO4/c1-16(12-26(32)30-22-7-5-6-20(13-22)18(3)31)23-14-24-25(19-8-10-21(29)11-9-19)15-34-28(24)17(2)27(23)33-4/h5-15H,1-4H3,(H,30,32)/b16-12+. The fraction of sp³-hybridized carbons (Fsp3) is 0.143. The predicted molar refractivity (Wildman–Crippen MR) is 137 cm³/mol. The van der Waals surface area contributed by atoms with Gasteiger partial charge in [0.15, 0.2) is 5.78 Å². The Hall–Kier alpha value is -3.83. The van der Waals surface area contributed by atoms with Gasteiger partial charge in [-0.25, -0.2) is 0 Å². The van der Waals surface area contributed by atoms with E-state index >= 15 is 0 Å². The minimum Gasteiger partial charge on any atom is -0.496 e. The topological polar surface area (TPSA) is 68.5 Å². The summed E-state index contributed by atoms with van der Waals surface area (Å²) < 4.78 is 11.6. The predicted octanol–water partition coefficient (Wildman–Crippen LogP) is 7.31. The average molecular weight is 474 g/mol. The van der Waals surface area contributed by atoms with Crippen LogP contribution < -0.4 is 10.1 Å². The van der Waals surface area contributed by atoms with Crippen LogP contribution in [0.25, 0.3) is 27.7 Å². The van der Waals surface area contributed by atoms with Gasteiger partial charge in [-0.05, 0) is 62.2 Å². The second-order valence-electron chi connectivity index (χ2n) is 8.07. The van der Waals surface area contributed by atoms with Crippen molar-refractivity contribution in [3.05, 3.63) is 88.6 Å². The molecule has 4 aromatic rings. The lowest BCUT2D eigenvalue weighted by molar-refractivity contribution is -0.111. The van der Waals surface area contributed by atoms with Crippen molar-refractivity contribution in [2.24, 2.45) is 0 Å². The molecular formula is C28H24ClNO4. The number of methoxy groups -OCH3 is 1. The number of allylic oxidation sites excluding steroid dienone is 1. The second-order valence-corrected chi connectivity index (χ2v) is 8.51. The molecule has 0 atom stereocenters. The van der Waals surface area contributed by atoms with Crippen LogP contribution in [-0.2, 0) is 4.79 Å². The Morgan fingerprint density at radius 2 is 1.79 bits per heavy atom. The molecule has 0 unspecified atom stereocenters. The molecule has 0 aliphatic carbocycles. The van der Waals surface area contributed by atoms with Gasteiger partial charge in [0.05, 0.1) is 13.4 Å². The quantitative estimate of drug-likeness (QED) is 0.235. The lowest BCUT2D eigenvalue weighted by atomic mass is 9.96. The minimum atomic E-state index is -0.303. The van der Waals surface area contributed by atoms with Crippen molar-refractivity contribution < 1.29 is 18.7 Å². The molecule has 0 radical (unpaired) electrons. The van der Waals surface area contributed by atoms with Gasteiger partial charge >= 0.3 is 0 Å². The number of anilines is 1. The first-order chi connectivity index (χ1) is 16.3. The zero-order valence-electron chi connectivity index (χ0n) is 19.4. The third kappa shape index (κ3) is 4.61. The van der Waals surface area contributed by atoms with Gasteiger partial charge in [0.1, 0.15) is 11.3 Å². The Morgan fingerprint density at radius 3 is 2.47 bits per heavy atom. The molecule has 1 heterocycles. The molecule has 1 aromatic heterocycles. The number of furan rings is 1. The molecule has 0 saturated heterocycles. The Labute approximate surface area is 203 Å². The van der Waals surface area contributed by atoms with Crippen molar-refractivity contribution in [2.75, 3.05) is 12.4 Å². The first-order valence-electron chi connectivity index (χ1n) is 10.7. The van der Waals surface area contributed by atoms with E-state index < -0.39 is 0 Å². The van der Waals surface area contributed by atoms with Crippen molar-refractivity contribution in [1.82, 2.24) is 0 Å². The zero-order chi connectivity index (χ0) is 24.4. The number of benzene rings is 3. The summed E-state index contributed by atoms with van der Waals surface area (Å²) in [6.07, 6.45) is 3.24. The molecule has 0 fully saturated rings. The number of Topliss-reactive ketones (excluding diaryl/α,β-unsaturated/α-hetero) is 1. The van der Waals surface area contributed by atoms with Crippen molar-refractivity contribution in [1.29, 1.82) is 0 Å². The normalized spacial score (nSPS) is 11.5. The number of amides is 1. The summed E-state index contributed by atoms with van der Waals surface area (Å²) in [5.74, 6) is 0.278. The van der Waals surface area contributed by atoms with E-state index in [1.54, 1.807) is 37.6 Å². The second kappa shape index (κ2) is 9.57. The van der Waals surface area contributed by atoms with Crippen LogP contribution in [-0.4, -0.2) is 18.8 Å². The molecule has 1 N–H and O–H groups in total. The van der Waals surface area contributed by atoms with E-state index in [1.165, 1.54) is 13.0 Å². The number of ether oxygens (including phenoxy) is 1. The molecule has 0 spiro atoms. The Morgan fingerprint density at radius 1 is 1.06 bits per heavy atom. The number of hydrogen-bond acceptors (Lipinski definition) is 4. The molecule has 3 aromatic carbocycles. The molecule has 0 aliphatic heterocycles. The number of hydrogen-bond donors (Lipinski definition) is 1. The van der Waals surface area contributed by atoms with E-state index in [2.05, 4.69) is 5.32 Å². The molecule has 0 saturated carbocycles. The maximum absolute atomic E-state index is 12.8. The van der Waals surface area contributed by atoms with Crippen LogP contribution in [0.15, 0.2) is 71.4 Å². The van der Waals surface area contributed by atoms with Gasteiger partial charge in [0, 0.05) is 44.4 Å². The maximum Gasteiger partial charge on any atom is 0.248 e. The Kier molecular flexibility index (Phi) is 6.57. The summed E-state index contributed by atoms with van der Waals surface area (Å²) in [5, 5.41) is 4.40. The van der Waals surface area contributed by atoms with Crippen molar-refractivity contribution in [3.8, 4) is 16.9 Å². The Bertz CT molecular complexity index is 1430. The van der Waals surface area contributed by atoms with Crippen LogP contribution in [0.3, 0.4) is 0 Å². The van der Waals surface area contributed by atoms with Crippen LogP contribution in [0.2, 0.25) is 5.02 Å². The molecule has 4 rings (SSSR count).